The molecular formula is C34H40FNO4. The van der Waals surface area contributed by atoms with Crippen LogP contribution in [0.4, 0.5) is 4.39 Å². The zero-order valence-corrected chi connectivity index (χ0v) is 24.5. The topological polar surface area (TPSA) is 55.8 Å². The predicted octanol–water partition coefficient (Wildman–Crippen LogP) is 7.51. The fourth-order valence-corrected chi connectivity index (χ4v) is 6.65. The molecule has 0 saturated heterocycles. The third-order valence-corrected chi connectivity index (χ3v) is 8.27. The van der Waals surface area contributed by atoms with E-state index in [1.807, 2.05) is 24.3 Å². The number of halogens is 1. The highest BCUT2D eigenvalue weighted by atomic mass is 19.1. The van der Waals surface area contributed by atoms with E-state index in [-0.39, 0.29) is 34.8 Å². The molecule has 0 saturated carbocycles. The van der Waals surface area contributed by atoms with Crippen LogP contribution in [-0.4, -0.2) is 30.1 Å². The van der Waals surface area contributed by atoms with Gasteiger partial charge in [-0.05, 0) is 65.5 Å². The van der Waals surface area contributed by atoms with Gasteiger partial charge in [0.05, 0.1) is 7.11 Å². The first-order valence-corrected chi connectivity index (χ1v) is 14.3. The van der Waals surface area contributed by atoms with Crippen LogP contribution in [0.3, 0.4) is 0 Å². The minimum Gasteiger partial charge on any atom is -0.493 e. The fraction of sp³-hybridized carbons (Fsp3) is 0.471. The number of methoxy groups -OCH3 is 1. The Morgan fingerprint density at radius 3 is 2.05 bits per heavy atom. The lowest BCUT2D eigenvalue weighted by Gasteiger charge is -2.49. The highest BCUT2D eigenvalue weighted by Gasteiger charge is 2.48. The Kier molecular flexibility index (Phi) is 7.41. The Balaban J connectivity index is 1.61. The number of nitrogens with zero attached hydrogens (tertiary/aromatic N) is 1. The number of carbonyl (C=O) groups is 2. The summed E-state index contributed by atoms with van der Waals surface area (Å²) >= 11 is 0. The molecule has 0 bridgehead atoms. The van der Waals surface area contributed by atoms with Crippen molar-refractivity contribution in [2.24, 2.45) is 10.8 Å². The van der Waals surface area contributed by atoms with Crippen molar-refractivity contribution >= 4 is 11.6 Å². The zero-order chi connectivity index (χ0) is 28.8. The Morgan fingerprint density at radius 2 is 1.50 bits per heavy atom. The molecule has 1 heterocycles. The van der Waals surface area contributed by atoms with E-state index in [4.69, 9.17) is 9.47 Å². The molecule has 0 radical (unpaired) electrons. The number of ketones is 2. The molecule has 3 aliphatic rings. The van der Waals surface area contributed by atoms with Crippen LogP contribution in [0.1, 0.15) is 83.8 Å². The van der Waals surface area contributed by atoms with Gasteiger partial charge in [-0.15, -0.1) is 0 Å². The molecule has 40 heavy (non-hydrogen) atoms. The van der Waals surface area contributed by atoms with Gasteiger partial charge in [0.1, 0.15) is 12.4 Å². The third kappa shape index (κ3) is 5.33. The quantitative estimate of drug-likeness (QED) is 0.360. The van der Waals surface area contributed by atoms with E-state index in [9.17, 15) is 14.0 Å². The van der Waals surface area contributed by atoms with Gasteiger partial charge in [-0.3, -0.25) is 9.59 Å². The second-order valence-electron chi connectivity index (χ2n) is 13.0. The summed E-state index contributed by atoms with van der Waals surface area (Å²) in [5, 5.41) is 0. The second-order valence-corrected chi connectivity index (χ2v) is 13.0. The normalized spacial score (nSPS) is 20.4. The number of benzene rings is 2. The van der Waals surface area contributed by atoms with Gasteiger partial charge in [0, 0.05) is 47.8 Å². The predicted molar refractivity (Wildman–Crippen MR) is 154 cm³/mol. The van der Waals surface area contributed by atoms with Crippen molar-refractivity contribution < 1.29 is 23.5 Å². The lowest BCUT2D eigenvalue weighted by atomic mass is 9.63. The Bertz CT molecular complexity index is 1360. The van der Waals surface area contributed by atoms with Gasteiger partial charge >= 0.3 is 0 Å². The van der Waals surface area contributed by atoms with Crippen LogP contribution in [0.25, 0.3) is 0 Å². The van der Waals surface area contributed by atoms with E-state index in [1.54, 1.807) is 13.2 Å². The number of ether oxygens (including phenoxy) is 2. The molecule has 6 heteroatoms. The summed E-state index contributed by atoms with van der Waals surface area (Å²) < 4.78 is 25.4. The maximum absolute atomic E-state index is 13.9. The summed E-state index contributed by atoms with van der Waals surface area (Å²) in [6, 6.07) is 12.0. The number of rotatable bonds is 7. The average Bonchev–Trinajstić information content (AvgIpc) is 2.87. The molecule has 0 aromatic heterocycles. The maximum Gasteiger partial charge on any atom is 0.162 e. The monoisotopic (exact) mass is 545 g/mol. The molecule has 2 aromatic rings. The molecule has 0 amide bonds. The third-order valence-electron chi connectivity index (χ3n) is 8.27. The minimum absolute atomic E-state index is 0.118. The van der Waals surface area contributed by atoms with Crippen molar-refractivity contribution in [3.63, 3.8) is 0 Å². The van der Waals surface area contributed by atoms with Gasteiger partial charge in [-0.1, -0.05) is 52.8 Å². The summed E-state index contributed by atoms with van der Waals surface area (Å²) in [4.78, 5) is 30.1. The molecule has 2 aromatic carbocycles. The zero-order valence-electron chi connectivity index (χ0n) is 24.5. The van der Waals surface area contributed by atoms with Gasteiger partial charge in [-0.25, -0.2) is 4.39 Å². The molecule has 5 nitrogen and oxygen atoms in total. The standard InChI is InChI=1S/C34H40FNO4/c1-7-13-36-24-16-33(2,3)18-26(37)31(24)30(32-25(36)17-34(4,5)19-27(32)38)22-11-12-28(29(15-22)39-6)40-20-21-9-8-10-23(35)14-21/h8-12,14-15,30H,7,13,16-20H2,1-6H3. The number of Topliss-reactive ketones (excluding diaryl/α,β-unsaturated/α-hetero) is 2. The minimum atomic E-state index is -0.434. The van der Waals surface area contributed by atoms with Crippen LogP contribution in [0.5, 0.6) is 11.5 Å². The molecule has 5 rings (SSSR count). The number of carbonyl (C=O) groups excluding carboxylic acids is 2. The SMILES string of the molecule is CCCN1C2=C(C(=O)CC(C)(C)C2)C(c2ccc(OCc3cccc(F)c3)c(OC)c2)C2=C1CC(C)(C)CC2=O. The molecule has 212 valence electrons. The van der Waals surface area contributed by atoms with E-state index in [0.717, 1.165) is 53.9 Å². The van der Waals surface area contributed by atoms with Crippen molar-refractivity contribution in [2.45, 2.75) is 79.2 Å². The first-order chi connectivity index (χ1) is 18.9. The highest BCUT2D eigenvalue weighted by molar-refractivity contribution is 6.06. The van der Waals surface area contributed by atoms with Crippen molar-refractivity contribution in [1.29, 1.82) is 0 Å². The summed E-state index contributed by atoms with van der Waals surface area (Å²) in [6.07, 6.45) is 3.42. The molecule has 1 aliphatic heterocycles. The van der Waals surface area contributed by atoms with Gasteiger partial charge in [0.15, 0.2) is 23.1 Å². The van der Waals surface area contributed by atoms with E-state index < -0.39 is 5.92 Å². The van der Waals surface area contributed by atoms with Crippen LogP contribution in [0.2, 0.25) is 0 Å². The van der Waals surface area contributed by atoms with Crippen molar-refractivity contribution in [3.8, 4) is 11.5 Å². The van der Waals surface area contributed by atoms with Crippen LogP contribution in [0, 0.1) is 16.6 Å². The van der Waals surface area contributed by atoms with Crippen molar-refractivity contribution in [1.82, 2.24) is 4.90 Å². The summed E-state index contributed by atoms with van der Waals surface area (Å²) in [6.45, 7) is 11.7. The molecule has 0 N–H and O–H groups in total. The van der Waals surface area contributed by atoms with Crippen LogP contribution in [-0.2, 0) is 16.2 Å². The first-order valence-electron chi connectivity index (χ1n) is 14.3. The van der Waals surface area contributed by atoms with Crippen molar-refractivity contribution in [3.05, 3.63) is 81.9 Å². The molecule has 2 aliphatic carbocycles. The second kappa shape index (κ2) is 10.5. The van der Waals surface area contributed by atoms with E-state index in [2.05, 4.69) is 39.5 Å². The van der Waals surface area contributed by atoms with Gasteiger partial charge in [-0.2, -0.15) is 0 Å². The van der Waals surface area contributed by atoms with E-state index >= 15 is 0 Å². The molecular weight excluding hydrogens is 505 g/mol. The van der Waals surface area contributed by atoms with Crippen LogP contribution >= 0.6 is 0 Å². The van der Waals surface area contributed by atoms with Gasteiger partial charge in [0.2, 0.25) is 0 Å². The Morgan fingerprint density at radius 1 is 0.875 bits per heavy atom. The lowest BCUT2D eigenvalue weighted by Crippen LogP contribution is -2.44. The largest absolute Gasteiger partial charge is 0.493 e. The molecule has 0 atom stereocenters. The van der Waals surface area contributed by atoms with Crippen LogP contribution < -0.4 is 9.47 Å². The Hall–Kier alpha value is -3.41. The smallest absolute Gasteiger partial charge is 0.162 e. The van der Waals surface area contributed by atoms with Crippen LogP contribution in [0.15, 0.2) is 65.0 Å². The summed E-state index contributed by atoms with van der Waals surface area (Å²) in [5.74, 6) is 0.526. The van der Waals surface area contributed by atoms with Gasteiger partial charge < -0.3 is 14.4 Å². The molecule has 0 unspecified atom stereocenters. The summed E-state index contributed by atoms with van der Waals surface area (Å²) in [5.41, 5.74) is 4.93. The fourth-order valence-electron chi connectivity index (χ4n) is 6.65. The summed E-state index contributed by atoms with van der Waals surface area (Å²) in [7, 11) is 1.58. The lowest BCUT2D eigenvalue weighted by molar-refractivity contribution is -0.119. The maximum atomic E-state index is 13.9. The van der Waals surface area contributed by atoms with Crippen molar-refractivity contribution in [2.75, 3.05) is 13.7 Å². The highest BCUT2D eigenvalue weighted by Crippen LogP contribution is 2.55. The first kappa shape index (κ1) is 28.1. The average molecular weight is 546 g/mol. The van der Waals surface area contributed by atoms with Gasteiger partial charge in [0.25, 0.3) is 0 Å². The van der Waals surface area contributed by atoms with E-state index in [1.165, 1.54) is 12.1 Å². The number of allylic oxidation sites excluding steroid dienone is 4. The molecule has 0 spiro atoms. The Labute approximate surface area is 237 Å². The van der Waals surface area contributed by atoms with E-state index in [0.29, 0.717) is 29.9 Å². The number of hydrogen-bond donors (Lipinski definition) is 0. The molecule has 0 fully saturated rings. The number of hydrogen-bond acceptors (Lipinski definition) is 5.